The third kappa shape index (κ3) is 3.71. The van der Waals surface area contributed by atoms with Crippen LogP contribution in [0, 0.1) is 17.8 Å². The highest BCUT2D eigenvalue weighted by atomic mass is 35.5. The summed E-state index contributed by atoms with van der Waals surface area (Å²) in [6.07, 6.45) is 3.66. The van der Waals surface area contributed by atoms with Crippen LogP contribution in [0.1, 0.15) is 44.1 Å². The number of benzene rings is 1. The van der Waals surface area contributed by atoms with Crippen molar-refractivity contribution in [2.75, 3.05) is 6.54 Å². The lowest BCUT2D eigenvalue weighted by Crippen LogP contribution is -2.40. The topological polar surface area (TPSA) is 129 Å². The Morgan fingerprint density at radius 1 is 1.14 bits per heavy atom. The summed E-state index contributed by atoms with van der Waals surface area (Å²) < 4.78 is 0. The molecule has 4 aliphatic rings. The third-order valence-corrected chi connectivity index (χ3v) is 8.05. The molecular weight excluding hydrogens is 486 g/mol. The van der Waals surface area contributed by atoms with Gasteiger partial charge in [0.2, 0.25) is 11.8 Å². The van der Waals surface area contributed by atoms with Gasteiger partial charge in [0.1, 0.15) is 5.75 Å². The second-order valence-electron chi connectivity index (χ2n) is 9.76. The van der Waals surface area contributed by atoms with Crippen molar-refractivity contribution in [1.82, 2.24) is 4.90 Å². The summed E-state index contributed by atoms with van der Waals surface area (Å²) in [4.78, 5) is 65.1. The van der Waals surface area contributed by atoms with Gasteiger partial charge in [-0.2, -0.15) is 0 Å². The largest absolute Gasteiger partial charge is 0.508 e. The monoisotopic (exact) mass is 509 g/mol. The number of fused-ring (bicyclic) bond motifs is 3. The summed E-state index contributed by atoms with van der Waals surface area (Å²) in [6, 6.07) is 4.45. The van der Waals surface area contributed by atoms with Crippen LogP contribution in [0.4, 0.5) is 0 Å². The smallest absolute Gasteiger partial charge is 0.303 e. The maximum Gasteiger partial charge on any atom is 0.303 e. The van der Waals surface area contributed by atoms with Crippen LogP contribution < -0.4 is 0 Å². The maximum atomic E-state index is 13.5. The minimum absolute atomic E-state index is 0.0273. The lowest BCUT2D eigenvalue weighted by molar-refractivity contribution is -0.142. The molecule has 1 aromatic rings. The van der Waals surface area contributed by atoms with E-state index in [0.29, 0.717) is 28.7 Å². The maximum absolute atomic E-state index is 13.5. The lowest BCUT2D eigenvalue weighted by Gasteiger charge is -2.42. The number of amides is 2. The molecule has 1 saturated heterocycles. The first-order valence-electron chi connectivity index (χ1n) is 11.9. The van der Waals surface area contributed by atoms with E-state index in [2.05, 4.69) is 0 Å². The van der Waals surface area contributed by atoms with E-state index in [1.54, 1.807) is 13.0 Å². The van der Waals surface area contributed by atoms with Crippen LogP contribution in [0.3, 0.4) is 0 Å². The van der Waals surface area contributed by atoms with Gasteiger partial charge in [-0.15, -0.1) is 0 Å². The van der Waals surface area contributed by atoms with E-state index < -0.39 is 29.6 Å². The van der Waals surface area contributed by atoms with Crippen LogP contribution in [0.15, 0.2) is 52.6 Å². The summed E-state index contributed by atoms with van der Waals surface area (Å²) in [5.41, 5.74) is 2.30. The number of imide groups is 1. The molecule has 2 amide bonds. The van der Waals surface area contributed by atoms with Crippen molar-refractivity contribution < 1.29 is 34.2 Å². The Bertz CT molecular complexity index is 1340. The Kier molecular flexibility index (Phi) is 5.95. The predicted molar refractivity (Wildman–Crippen MR) is 128 cm³/mol. The molecule has 186 valence electrons. The Labute approximate surface area is 211 Å². The average Bonchev–Trinajstić information content (AvgIpc) is 3.06. The summed E-state index contributed by atoms with van der Waals surface area (Å²) in [7, 11) is 0. The Balaban J connectivity index is 1.59. The van der Waals surface area contributed by atoms with E-state index in [9.17, 15) is 29.1 Å². The molecular formula is C27H24ClNO7. The molecule has 1 aromatic carbocycles. The fraction of sp³-hybridized carbons (Fsp3) is 0.370. The number of aliphatic carboxylic acids is 1. The summed E-state index contributed by atoms with van der Waals surface area (Å²) in [6.45, 7) is 1.62. The van der Waals surface area contributed by atoms with Gasteiger partial charge in [0.25, 0.3) is 0 Å². The van der Waals surface area contributed by atoms with Crippen molar-refractivity contribution in [1.29, 1.82) is 0 Å². The highest BCUT2D eigenvalue weighted by molar-refractivity contribution is 6.32. The van der Waals surface area contributed by atoms with Gasteiger partial charge in [0.15, 0.2) is 11.6 Å². The van der Waals surface area contributed by atoms with E-state index in [1.807, 2.05) is 6.08 Å². The molecule has 8 nitrogen and oxygen atoms in total. The average molecular weight is 510 g/mol. The van der Waals surface area contributed by atoms with E-state index >= 15 is 0 Å². The van der Waals surface area contributed by atoms with Crippen LogP contribution in [0.5, 0.6) is 5.75 Å². The second kappa shape index (κ2) is 8.85. The first-order chi connectivity index (χ1) is 17.1. The number of nitrogens with zero attached hydrogens (tertiary/aromatic N) is 1. The van der Waals surface area contributed by atoms with Crippen molar-refractivity contribution >= 4 is 41.0 Å². The first-order valence-corrected chi connectivity index (χ1v) is 12.2. The molecule has 0 saturated carbocycles. The molecule has 1 aliphatic heterocycles. The van der Waals surface area contributed by atoms with E-state index in [-0.39, 0.29) is 60.0 Å². The first kappa shape index (κ1) is 24.2. The zero-order valence-corrected chi connectivity index (χ0v) is 20.2. The molecule has 36 heavy (non-hydrogen) atoms. The highest BCUT2D eigenvalue weighted by Crippen LogP contribution is 2.56. The van der Waals surface area contributed by atoms with Crippen molar-refractivity contribution in [2.45, 2.75) is 38.5 Å². The number of Topliss-reactive ketones (excluding diaryl/α,β-unsaturated/α-hetero) is 1. The lowest BCUT2D eigenvalue weighted by atomic mass is 9.59. The van der Waals surface area contributed by atoms with Crippen molar-refractivity contribution in [3.05, 3.63) is 63.2 Å². The molecule has 0 spiro atoms. The summed E-state index contributed by atoms with van der Waals surface area (Å²) >= 11 is 6.52. The molecule has 0 radical (unpaired) electrons. The molecule has 3 aliphatic carbocycles. The number of likely N-dealkylation sites (tertiary alicyclic amines) is 1. The number of phenols is 1. The number of hydrogen-bond acceptors (Lipinski definition) is 6. The number of carboxylic acid groups (broad SMARTS) is 1. The van der Waals surface area contributed by atoms with Gasteiger partial charge in [-0.1, -0.05) is 29.3 Å². The Hall–Kier alpha value is -3.52. The minimum Gasteiger partial charge on any atom is -0.508 e. The molecule has 9 heteroatoms. The molecule has 5 rings (SSSR count). The molecule has 0 aromatic heterocycles. The Morgan fingerprint density at radius 2 is 1.89 bits per heavy atom. The van der Waals surface area contributed by atoms with Crippen LogP contribution in [-0.4, -0.2) is 51.0 Å². The summed E-state index contributed by atoms with van der Waals surface area (Å²) in [5, 5.41) is 19.1. The van der Waals surface area contributed by atoms with E-state index in [1.165, 1.54) is 18.2 Å². The van der Waals surface area contributed by atoms with Gasteiger partial charge >= 0.3 is 5.97 Å². The van der Waals surface area contributed by atoms with Gasteiger partial charge in [-0.05, 0) is 55.9 Å². The number of carbonyl (C=O) groups is 5. The molecule has 4 atom stereocenters. The van der Waals surface area contributed by atoms with E-state index in [0.717, 1.165) is 10.5 Å². The highest BCUT2D eigenvalue weighted by Gasteiger charge is 2.56. The fourth-order valence-electron chi connectivity index (χ4n) is 6.14. The van der Waals surface area contributed by atoms with Gasteiger partial charge in [-0.25, -0.2) is 0 Å². The summed E-state index contributed by atoms with van der Waals surface area (Å²) in [5.74, 6) is -4.76. The number of carboxylic acids is 1. The number of aromatic hydroxyl groups is 1. The zero-order chi connectivity index (χ0) is 25.9. The van der Waals surface area contributed by atoms with Crippen LogP contribution in [0.25, 0.3) is 0 Å². The van der Waals surface area contributed by atoms with Crippen molar-refractivity contribution in [3.8, 4) is 5.75 Å². The Morgan fingerprint density at radius 3 is 2.58 bits per heavy atom. The van der Waals surface area contributed by atoms with Gasteiger partial charge in [-0.3, -0.25) is 28.9 Å². The number of phenolic OH excluding ortho intramolecular Hbond substituents is 1. The molecule has 4 unspecified atom stereocenters. The number of carbonyl (C=O) groups excluding carboxylic acids is 4. The minimum atomic E-state index is -1.00. The molecule has 1 heterocycles. The van der Waals surface area contributed by atoms with E-state index in [4.69, 9.17) is 16.7 Å². The second-order valence-corrected chi connectivity index (χ2v) is 10.2. The molecule has 2 N–H and O–H groups in total. The number of allylic oxidation sites excluding steroid dienone is 6. The van der Waals surface area contributed by atoms with Crippen LogP contribution in [0.2, 0.25) is 5.02 Å². The number of halogens is 1. The normalized spacial score (nSPS) is 27.4. The standard InChI is InChI=1S/C27H24ClNO7/c1-12-9-20(31)18-11-17-14(22(24(18)25(12)34)15-5-4-13(30)10-19(15)28)6-7-16-23(17)27(36)29(26(16)35)8-2-3-21(32)33/h4-6,9-10,16-17,22-23,30H,2-3,7-8,11H2,1H3,(H,32,33). The van der Waals surface area contributed by atoms with Gasteiger partial charge in [0.05, 0.1) is 11.8 Å². The molecule has 0 bridgehead atoms. The predicted octanol–water partition coefficient (Wildman–Crippen LogP) is 3.34. The molecule has 1 fully saturated rings. The quantitative estimate of drug-likeness (QED) is 0.354. The number of hydrogen-bond donors (Lipinski definition) is 2. The number of ketones is 2. The van der Waals surface area contributed by atoms with Crippen LogP contribution in [-0.2, 0) is 24.0 Å². The van der Waals surface area contributed by atoms with Crippen molar-refractivity contribution in [2.24, 2.45) is 17.8 Å². The van der Waals surface area contributed by atoms with Crippen LogP contribution >= 0.6 is 11.6 Å². The fourth-order valence-corrected chi connectivity index (χ4v) is 6.42. The van der Waals surface area contributed by atoms with Gasteiger partial charge in [0, 0.05) is 40.6 Å². The van der Waals surface area contributed by atoms with Crippen molar-refractivity contribution in [3.63, 3.8) is 0 Å². The van der Waals surface area contributed by atoms with Gasteiger partial charge < -0.3 is 10.2 Å². The third-order valence-electron chi connectivity index (χ3n) is 7.72. The zero-order valence-electron chi connectivity index (χ0n) is 19.5. The number of rotatable bonds is 5. The SMILES string of the molecule is CC1=CC(=O)C2=C(C1=O)C(c1ccc(O)cc1Cl)C1=CCC3C(=O)N(CCCC(=O)O)C(=O)C3C1C2.